The molecule has 0 saturated heterocycles. The third-order valence-electron chi connectivity index (χ3n) is 2.70. The van der Waals surface area contributed by atoms with E-state index in [4.69, 9.17) is 9.63 Å². The highest BCUT2D eigenvalue weighted by atomic mass is 16.5. The lowest BCUT2D eigenvalue weighted by molar-refractivity contribution is 0.0685. The highest BCUT2D eigenvalue weighted by Crippen LogP contribution is 2.18. The van der Waals surface area contributed by atoms with Crippen LogP contribution in [0.1, 0.15) is 41.9 Å². The number of rotatable bonds is 4. The van der Waals surface area contributed by atoms with Gasteiger partial charge in [0.1, 0.15) is 0 Å². The Morgan fingerprint density at radius 3 is 2.93 bits per heavy atom. The number of aromatic nitrogens is 1. The summed E-state index contributed by atoms with van der Waals surface area (Å²) in [4.78, 5) is 10.5. The maximum atomic E-state index is 10.5. The van der Waals surface area contributed by atoms with Crippen molar-refractivity contribution in [3.05, 3.63) is 17.5 Å². The molecule has 0 bridgehead atoms. The van der Waals surface area contributed by atoms with Crippen molar-refractivity contribution in [3.8, 4) is 0 Å². The normalized spacial score (nSPS) is 17.1. The monoisotopic (exact) mass is 210 g/mol. The highest BCUT2D eigenvalue weighted by molar-refractivity contribution is 5.85. The van der Waals surface area contributed by atoms with Crippen molar-refractivity contribution in [2.45, 2.75) is 38.3 Å². The number of carbonyl (C=O) groups is 1. The minimum absolute atomic E-state index is 0.0294. The van der Waals surface area contributed by atoms with Crippen molar-refractivity contribution >= 4 is 5.97 Å². The number of nitrogens with zero attached hydrogens (tertiary/aromatic N) is 1. The summed E-state index contributed by atoms with van der Waals surface area (Å²) in [5.74, 6) is -0.467. The number of carboxylic acid groups (broad SMARTS) is 1. The molecule has 0 aliphatic heterocycles. The minimum atomic E-state index is -1.05. The smallest absolute Gasteiger partial charge is 0.358 e. The molecule has 1 aliphatic rings. The fourth-order valence-electron chi connectivity index (χ4n) is 1.87. The molecule has 82 valence electrons. The molecule has 15 heavy (non-hydrogen) atoms. The molecule has 0 unspecified atom stereocenters. The van der Waals surface area contributed by atoms with Gasteiger partial charge >= 0.3 is 5.97 Å². The third kappa shape index (κ3) is 2.56. The van der Waals surface area contributed by atoms with Crippen LogP contribution in [0.15, 0.2) is 10.6 Å². The molecule has 0 amide bonds. The zero-order chi connectivity index (χ0) is 10.7. The second-order valence-electron chi connectivity index (χ2n) is 3.85. The van der Waals surface area contributed by atoms with Crippen molar-refractivity contribution in [2.75, 3.05) is 0 Å². The molecule has 0 radical (unpaired) electrons. The van der Waals surface area contributed by atoms with E-state index >= 15 is 0 Å². The molecule has 5 nitrogen and oxygen atoms in total. The lowest BCUT2D eigenvalue weighted by Gasteiger charge is -2.08. The standard InChI is InChI=1S/C10H14N2O3/c13-10(14)9-5-8(15-12-9)6-11-7-3-1-2-4-7/h5,7,11H,1-4,6H2,(H,13,14). The lowest BCUT2D eigenvalue weighted by Crippen LogP contribution is -2.24. The quantitative estimate of drug-likeness (QED) is 0.785. The topological polar surface area (TPSA) is 75.4 Å². The van der Waals surface area contributed by atoms with Gasteiger partial charge in [0.05, 0.1) is 6.54 Å². The van der Waals surface area contributed by atoms with Crippen LogP contribution in [0.3, 0.4) is 0 Å². The van der Waals surface area contributed by atoms with Gasteiger partial charge in [-0.3, -0.25) is 0 Å². The Kier molecular flexibility index (Phi) is 3.01. The molecule has 0 aromatic carbocycles. The van der Waals surface area contributed by atoms with E-state index in [9.17, 15) is 4.79 Å². The third-order valence-corrected chi connectivity index (χ3v) is 2.70. The molecule has 1 aliphatic carbocycles. The van der Waals surface area contributed by atoms with Crippen molar-refractivity contribution in [1.29, 1.82) is 0 Å². The Bertz CT molecular complexity index is 342. The molecule has 0 spiro atoms. The van der Waals surface area contributed by atoms with E-state index in [1.165, 1.54) is 31.7 Å². The molecular formula is C10H14N2O3. The van der Waals surface area contributed by atoms with Gasteiger partial charge < -0.3 is 14.9 Å². The summed E-state index contributed by atoms with van der Waals surface area (Å²) < 4.78 is 4.89. The molecule has 1 fully saturated rings. The SMILES string of the molecule is O=C(O)c1cc(CNC2CCCC2)on1. The molecule has 1 aromatic heterocycles. The van der Waals surface area contributed by atoms with Crippen molar-refractivity contribution in [3.63, 3.8) is 0 Å². The van der Waals surface area contributed by atoms with Gasteiger partial charge in [-0.1, -0.05) is 18.0 Å². The highest BCUT2D eigenvalue weighted by Gasteiger charge is 2.16. The van der Waals surface area contributed by atoms with Gasteiger partial charge in [-0.25, -0.2) is 4.79 Å². The molecule has 1 saturated carbocycles. The summed E-state index contributed by atoms with van der Waals surface area (Å²) >= 11 is 0. The van der Waals surface area contributed by atoms with Gasteiger partial charge in [-0.05, 0) is 12.8 Å². The maximum absolute atomic E-state index is 10.5. The predicted octanol–water partition coefficient (Wildman–Crippen LogP) is 1.40. The Balaban J connectivity index is 1.84. The fourth-order valence-corrected chi connectivity index (χ4v) is 1.87. The number of carboxylic acids is 1. The van der Waals surface area contributed by atoms with Gasteiger partial charge in [0.25, 0.3) is 0 Å². The predicted molar refractivity (Wildman–Crippen MR) is 52.6 cm³/mol. The van der Waals surface area contributed by atoms with Crippen LogP contribution in [0.4, 0.5) is 0 Å². The van der Waals surface area contributed by atoms with E-state index in [2.05, 4.69) is 10.5 Å². The van der Waals surface area contributed by atoms with Gasteiger partial charge in [0.15, 0.2) is 11.5 Å². The summed E-state index contributed by atoms with van der Waals surface area (Å²) in [6.07, 6.45) is 4.93. The van der Waals surface area contributed by atoms with E-state index in [-0.39, 0.29) is 5.69 Å². The van der Waals surface area contributed by atoms with E-state index in [0.717, 1.165) is 0 Å². The number of aromatic carboxylic acids is 1. The fraction of sp³-hybridized carbons (Fsp3) is 0.600. The zero-order valence-corrected chi connectivity index (χ0v) is 8.40. The number of nitrogens with one attached hydrogen (secondary N) is 1. The molecule has 1 heterocycles. The second-order valence-corrected chi connectivity index (χ2v) is 3.85. The van der Waals surface area contributed by atoms with Crippen LogP contribution < -0.4 is 5.32 Å². The first-order chi connectivity index (χ1) is 7.25. The van der Waals surface area contributed by atoms with E-state index in [0.29, 0.717) is 18.3 Å². The lowest BCUT2D eigenvalue weighted by atomic mass is 10.2. The van der Waals surface area contributed by atoms with E-state index in [1.54, 1.807) is 0 Å². The molecule has 2 rings (SSSR count). The van der Waals surface area contributed by atoms with Gasteiger partial charge in [-0.15, -0.1) is 0 Å². The zero-order valence-electron chi connectivity index (χ0n) is 8.40. The first-order valence-electron chi connectivity index (χ1n) is 5.18. The van der Waals surface area contributed by atoms with Gasteiger partial charge in [-0.2, -0.15) is 0 Å². The minimum Gasteiger partial charge on any atom is -0.476 e. The van der Waals surface area contributed by atoms with Crippen LogP contribution in [-0.2, 0) is 6.54 Å². The van der Waals surface area contributed by atoms with Crippen LogP contribution in [0.25, 0.3) is 0 Å². The van der Waals surface area contributed by atoms with Crippen LogP contribution in [0.2, 0.25) is 0 Å². The van der Waals surface area contributed by atoms with Crippen LogP contribution >= 0.6 is 0 Å². The Labute approximate surface area is 87.5 Å². The summed E-state index contributed by atoms with van der Waals surface area (Å²) in [6.45, 7) is 0.560. The molecule has 2 N–H and O–H groups in total. The van der Waals surface area contributed by atoms with Crippen LogP contribution in [0.5, 0.6) is 0 Å². The average molecular weight is 210 g/mol. The van der Waals surface area contributed by atoms with Crippen LogP contribution in [-0.4, -0.2) is 22.3 Å². The molecular weight excluding hydrogens is 196 g/mol. The summed E-state index contributed by atoms with van der Waals surface area (Å²) in [5.41, 5.74) is -0.0294. The number of hydrogen-bond acceptors (Lipinski definition) is 4. The first-order valence-corrected chi connectivity index (χ1v) is 5.18. The Morgan fingerprint density at radius 1 is 1.60 bits per heavy atom. The van der Waals surface area contributed by atoms with Crippen molar-refractivity contribution < 1.29 is 14.4 Å². The number of hydrogen-bond donors (Lipinski definition) is 2. The largest absolute Gasteiger partial charge is 0.476 e. The van der Waals surface area contributed by atoms with Gasteiger partial charge in [0, 0.05) is 12.1 Å². The summed E-state index contributed by atoms with van der Waals surface area (Å²) in [6, 6.07) is 2.01. The summed E-state index contributed by atoms with van der Waals surface area (Å²) in [5, 5.41) is 15.4. The van der Waals surface area contributed by atoms with Crippen molar-refractivity contribution in [2.24, 2.45) is 0 Å². The maximum Gasteiger partial charge on any atom is 0.358 e. The first kappa shape index (κ1) is 10.2. The average Bonchev–Trinajstić information content (AvgIpc) is 2.86. The Morgan fingerprint density at radius 2 is 2.33 bits per heavy atom. The van der Waals surface area contributed by atoms with E-state index < -0.39 is 5.97 Å². The second kappa shape index (κ2) is 4.44. The Hall–Kier alpha value is -1.36. The van der Waals surface area contributed by atoms with Crippen LogP contribution in [0, 0.1) is 0 Å². The van der Waals surface area contributed by atoms with Gasteiger partial charge in [0.2, 0.25) is 0 Å². The molecule has 1 aromatic rings. The van der Waals surface area contributed by atoms with E-state index in [1.807, 2.05) is 0 Å². The molecule has 5 heteroatoms. The summed E-state index contributed by atoms with van der Waals surface area (Å²) in [7, 11) is 0. The van der Waals surface area contributed by atoms with Crippen molar-refractivity contribution in [1.82, 2.24) is 10.5 Å². The molecule has 0 atom stereocenters.